The first-order valence-electron chi connectivity index (χ1n) is 6.38. The van der Waals surface area contributed by atoms with E-state index < -0.39 is 0 Å². The highest BCUT2D eigenvalue weighted by Crippen LogP contribution is 2.36. The Morgan fingerprint density at radius 1 is 1.25 bits per heavy atom. The molecule has 0 radical (unpaired) electrons. The van der Waals surface area contributed by atoms with Crippen LogP contribution in [0, 0.1) is 11.8 Å². The molecule has 0 heterocycles. The molecule has 1 fully saturated rings. The summed E-state index contributed by atoms with van der Waals surface area (Å²) in [5, 5.41) is 10.4. The Bertz CT molecular complexity index is 256. The van der Waals surface area contributed by atoms with E-state index in [1.54, 1.807) is 0 Å². The number of likely N-dealkylation sites (N-methyl/N-ethyl adjacent to an activating group) is 1. The van der Waals surface area contributed by atoms with Crippen molar-refractivity contribution >= 4 is 0 Å². The Morgan fingerprint density at radius 3 is 2.38 bits per heavy atom. The molecule has 0 saturated heterocycles. The highest BCUT2D eigenvalue weighted by molar-refractivity contribution is 5.00. The first-order valence-corrected chi connectivity index (χ1v) is 6.38. The second-order valence-electron chi connectivity index (χ2n) is 5.04. The molecule has 1 rings (SSSR count). The van der Waals surface area contributed by atoms with Gasteiger partial charge in [0.2, 0.25) is 0 Å². The average Bonchev–Trinajstić information content (AvgIpc) is 2.30. The van der Waals surface area contributed by atoms with Crippen LogP contribution in [0.15, 0.2) is 0 Å². The van der Waals surface area contributed by atoms with Crippen LogP contribution in [-0.4, -0.2) is 35.7 Å². The maximum atomic E-state index is 10.4. The summed E-state index contributed by atoms with van der Waals surface area (Å²) in [6.45, 7) is 1.86. The molecule has 1 atom stereocenters. The molecular weight excluding hydrogens is 198 g/mol. The zero-order chi connectivity index (χ0) is 12.0. The quantitative estimate of drug-likeness (QED) is 0.740. The van der Waals surface area contributed by atoms with Crippen LogP contribution in [0.2, 0.25) is 0 Å². The summed E-state index contributed by atoms with van der Waals surface area (Å²) in [5.41, 5.74) is 0.00761. The number of aliphatic hydroxyl groups excluding tert-OH is 1. The molecule has 0 aromatic carbocycles. The predicted octanol–water partition coefficient (Wildman–Crippen LogP) is 2.42. The molecule has 0 bridgehead atoms. The summed E-state index contributed by atoms with van der Waals surface area (Å²) < 4.78 is 0. The minimum absolute atomic E-state index is 0.00761. The highest BCUT2D eigenvalue weighted by atomic mass is 16.3. The number of aliphatic hydroxyl groups is 1. The molecule has 0 aliphatic heterocycles. The molecule has 1 saturated carbocycles. The molecule has 1 N–H and O–H groups in total. The van der Waals surface area contributed by atoms with E-state index >= 15 is 0 Å². The molecule has 1 aliphatic rings. The van der Waals surface area contributed by atoms with E-state index in [0.717, 1.165) is 25.7 Å². The van der Waals surface area contributed by atoms with E-state index in [1.165, 1.54) is 19.3 Å². The van der Waals surface area contributed by atoms with Crippen molar-refractivity contribution in [1.82, 2.24) is 4.90 Å². The summed E-state index contributed by atoms with van der Waals surface area (Å²) >= 11 is 0. The Kier molecular flexibility index (Phi) is 5.31. The molecule has 0 spiro atoms. The molecular formula is C14H25NO. The van der Waals surface area contributed by atoms with Crippen molar-refractivity contribution in [1.29, 1.82) is 0 Å². The lowest BCUT2D eigenvalue weighted by atomic mass is 9.75. The molecule has 0 aromatic heterocycles. The lowest BCUT2D eigenvalue weighted by molar-refractivity contribution is -0.0347. The number of nitrogens with zero attached hydrogens (tertiary/aromatic N) is 1. The summed E-state index contributed by atoms with van der Waals surface area (Å²) in [6, 6.07) is 0. The van der Waals surface area contributed by atoms with Crippen molar-refractivity contribution in [3.63, 3.8) is 0 Å². The summed E-state index contributed by atoms with van der Waals surface area (Å²) in [6.07, 6.45) is 7.44. The topological polar surface area (TPSA) is 23.5 Å². The highest BCUT2D eigenvalue weighted by Gasteiger charge is 2.40. The van der Waals surface area contributed by atoms with Crippen LogP contribution < -0.4 is 0 Å². The van der Waals surface area contributed by atoms with Gasteiger partial charge in [-0.15, -0.1) is 11.8 Å². The van der Waals surface area contributed by atoms with Gasteiger partial charge in [0.15, 0.2) is 0 Å². The van der Waals surface area contributed by atoms with E-state index in [2.05, 4.69) is 30.8 Å². The second-order valence-corrected chi connectivity index (χ2v) is 5.04. The normalized spacial score (nSPS) is 21.3. The summed E-state index contributed by atoms with van der Waals surface area (Å²) in [7, 11) is 4.19. The van der Waals surface area contributed by atoms with Crippen molar-refractivity contribution in [3.05, 3.63) is 0 Å². The summed E-state index contributed by atoms with van der Waals surface area (Å²) in [4.78, 5) is 2.23. The van der Waals surface area contributed by atoms with Crippen LogP contribution >= 0.6 is 0 Å². The van der Waals surface area contributed by atoms with Gasteiger partial charge in [0.05, 0.1) is 6.10 Å². The van der Waals surface area contributed by atoms with Crippen LogP contribution in [0.25, 0.3) is 0 Å². The van der Waals surface area contributed by atoms with E-state index in [-0.39, 0.29) is 11.6 Å². The van der Waals surface area contributed by atoms with Crippen molar-refractivity contribution < 1.29 is 5.11 Å². The third-order valence-electron chi connectivity index (χ3n) is 3.95. The van der Waals surface area contributed by atoms with Crippen LogP contribution in [0.1, 0.15) is 51.9 Å². The molecule has 16 heavy (non-hydrogen) atoms. The van der Waals surface area contributed by atoms with Crippen molar-refractivity contribution in [2.45, 2.75) is 63.5 Å². The van der Waals surface area contributed by atoms with Crippen LogP contribution in [0.4, 0.5) is 0 Å². The Morgan fingerprint density at radius 2 is 1.88 bits per heavy atom. The predicted molar refractivity (Wildman–Crippen MR) is 68.2 cm³/mol. The van der Waals surface area contributed by atoms with Crippen LogP contribution in [0.3, 0.4) is 0 Å². The minimum atomic E-state index is -0.233. The van der Waals surface area contributed by atoms with Crippen LogP contribution in [0.5, 0.6) is 0 Å². The van der Waals surface area contributed by atoms with Crippen molar-refractivity contribution in [2.24, 2.45) is 0 Å². The van der Waals surface area contributed by atoms with Gasteiger partial charge in [-0.3, -0.25) is 0 Å². The Hall–Kier alpha value is -0.520. The maximum absolute atomic E-state index is 10.4. The molecule has 1 aliphatic carbocycles. The third kappa shape index (κ3) is 2.99. The standard InChI is InChI=1S/C14H25NO/c1-4-5-7-10-13(16)14(15(2)3)11-8-6-9-12-14/h13,16H,6-12H2,1-3H3. The van der Waals surface area contributed by atoms with Gasteiger partial charge in [-0.2, -0.15) is 0 Å². The van der Waals surface area contributed by atoms with Gasteiger partial charge in [0, 0.05) is 12.0 Å². The maximum Gasteiger partial charge on any atom is 0.0732 e. The smallest absolute Gasteiger partial charge is 0.0732 e. The fraction of sp³-hybridized carbons (Fsp3) is 0.857. The molecule has 0 aromatic rings. The third-order valence-corrected chi connectivity index (χ3v) is 3.95. The zero-order valence-corrected chi connectivity index (χ0v) is 10.9. The van der Waals surface area contributed by atoms with Gasteiger partial charge in [0.25, 0.3) is 0 Å². The second kappa shape index (κ2) is 6.27. The SMILES string of the molecule is CC#CCCC(O)C1(N(C)C)CCCCC1. The van der Waals surface area contributed by atoms with E-state index in [9.17, 15) is 5.11 Å². The Labute approximate surface area is 100 Å². The van der Waals surface area contributed by atoms with E-state index in [4.69, 9.17) is 0 Å². The molecule has 2 heteroatoms. The largest absolute Gasteiger partial charge is 0.391 e. The van der Waals surface area contributed by atoms with E-state index in [0.29, 0.717) is 0 Å². The monoisotopic (exact) mass is 223 g/mol. The minimum Gasteiger partial charge on any atom is -0.391 e. The van der Waals surface area contributed by atoms with E-state index in [1.807, 2.05) is 6.92 Å². The lowest BCUT2D eigenvalue weighted by Gasteiger charge is -2.46. The summed E-state index contributed by atoms with van der Waals surface area (Å²) in [5.74, 6) is 5.94. The van der Waals surface area contributed by atoms with Crippen molar-refractivity contribution in [3.8, 4) is 11.8 Å². The van der Waals surface area contributed by atoms with Gasteiger partial charge in [-0.05, 0) is 40.3 Å². The number of hydrogen-bond acceptors (Lipinski definition) is 2. The zero-order valence-electron chi connectivity index (χ0n) is 10.9. The average molecular weight is 223 g/mol. The van der Waals surface area contributed by atoms with Gasteiger partial charge in [-0.25, -0.2) is 0 Å². The molecule has 0 amide bonds. The van der Waals surface area contributed by atoms with Gasteiger partial charge in [-0.1, -0.05) is 19.3 Å². The first kappa shape index (κ1) is 13.5. The molecule has 2 nitrogen and oxygen atoms in total. The van der Waals surface area contributed by atoms with Gasteiger partial charge < -0.3 is 10.0 Å². The lowest BCUT2D eigenvalue weighted by Crippen LogP contribution is -2.54. The molecule has 1 unspecified atom stereocenters. The van der Waals surface area contributed by atoms with Gasteiger partial charge >= 0.3 is 0 Å². The Balaban J connectivity index is 2.63. The van der Waals surface area contributed by atoms with Crippen LogP contribution in [-0.2, 0) is 0 Å². The molecule has 92 valence electrons. The fourth-order valence-electron chi connectivity index (χ4n) is 2.85. The fourth-order valence-corrected chi connectivity index (χ4v) is 2.85. The number of rotatable bonds is 4. The number of hydrogen-bond donors (Lipinski definition) is 1. The van der Waals surface area contributed by atoms with Gasteiger partial charge in [0.1, 0.15) is 0 Å². The first-order chi connectivity index (χ1) is 7.63. The van der Waals surface area contributed by atoms with Crippen molar-refractivity contribution in [2.75, 3.05) is 14.1 Å².